The maximum atomic E-state index is 12.4. The van der Waals surface area contributed by atoms with Crippen LogP contribution in [0.1, 0.15) is 40.5 Å². The van der Waals surface area contributed by atoms with Gasteiger partial charge in [-0.1, -0.05) is 11.6 Å². The van der Waals surface area contributed by atoms with Crippen molar-refractivity contribution in [2.24, 2.45) is 5.92 Å². The van der Waals surface area contributed by atoms with E-state index in [9.17, 15) is 9.59 Å². The van der Waals surface area contributed by atoms with Gasteiger partial charge in [-0.25, -0.2) is 4.79 Å². The molecule has 1 aliphatic rings. The van der Waals surface area contributed by atoms with Crippen molar-refractivity contribution < 1.29 is 19.1 Å². The first-order valence-corrected chi connectivity index (χ1v) is 10.2. The average Bonchev–Trinajstić information content (AvgIpc) is 2.64. The van der Waals surface area contributed by atoms with Gasteiger partial charge in [0.25, 0.3) is 5.91 Å². The van der Waals surface area contributed by atoms with Gasteiger partial charge in [-0.15, -0.1) is 0 Å². The molecule has 1 aromatic carbocycles. The van der Waals surface area contributed by atoms with E-state index in [2.05, 4.69) is 0 Å². The van der Waals surface area contributed by atoms with Crippen molar-refractivity contribution in [3.63, 3.8) is 0 Å². The van der Waals surface area contributed by atoms with Crippen LogP contribution < -0.4 is 4.74 Å². The molecule has 1 aliphatic heterocycles. The molecule has 0 atom stereocenters. The number of likely N-dealkylation sites (tertiary alicyclic amines) is 1. The van der Waals surface area contributed by atoms with Crippen molar-refractivity contribution in [1.29, 1.82) is 0 Å². The Morgan fingerprint density at radius 3 is 2.32 bits per heavy atom. The zero-order valence-electron chi connectivity index (χ0n) is 17.2. The minimum atomic E-state index is -0.496. The Hall–Kier alpha value is -1.95. The van der Waals surface area contributed by atoms with Gasteiger partial charge in [0.2, 0.25) is 0 Å². The number of amides is 2. The standard InChI is InChI=1S/C21H31ClN2O4/c1-5-23(20(26)28-21(2,3)4)14-16-10-12-24(13-11-16)19(25)15-27-18-8-6-17(22)7-9-18/h6-9,16H,5,10-15H2,1-4H3. The number of halogens is 1. The molecule has 1 heterocycles. The van der Waals surface area contributed by atoms with Crippen LogP contribution in [-0.4, -0.2) is 60.2 Å². The fourth-order valence-electron chi connectivity index (χ4n) is 3.10. The van der Waals surface area contributed by atoms with Crippen molar-refractivity contribution in [2.45, 2.75) is 46.1 Å². The Bertz CT molecular complexity index is 649. The highest BCUT2D eigenvalue weighted by molar-refractivity contribution is 6.30. The number of piperidine rings is 1. The third-order valence-electron chi connectivity index (χ3n) is 4.66. The van der Waals surface area contributed by atoms with Crippen molar-refractivity contribution >= 4 is 23.6 Å². The van der Waals surface area contributed by atoms with E-state index < -0.39 is 5.60 Å². The number of nitrogens with zero attached hydrogens (tertiary/aromatic N) is 2. The van der Waals surface area contributed by atoms with Crippen LogP contribution in [0.15, 0.2) is 24.3 Å². The summed E-state index contributed by atoms with van der Waals surface area (Å²) in [5, 5.41) is 0.633. The van der Waals surface area contributed by atoms with Crippen LogP contribution in [-0.2, 0) is 9.53 Å². The van der Waals surface area contributed by atoms with E-state index in [1.54, 1.807) is 29.2 Å². The second kappa shape index (κ2) is 10.0. The lowest BCUT2D eigenvalue weighted by molar-refractivity contribution is -0.134. The van der Waals surface area contributed by atoms with Crippen LogP contribution in [0, 0.1) is 5.92 Å². The Balaban J connectivity index is 1.75. The molecule has 0 bridgehead atoms. The molecule has 156 valence electrons. The predicted octanol–water partition coefficient (Wildman–Crippen LogP) is 4.21. The smallest absolute Gasteiger partial charge is 0.410 e. The normalized spacial score (nSPS) is 15.2. The highest BCUT2D eigenvalue weighted by Crippen LogP contribution is 2.21. The predicted molar refractivity (Wildman–Crippen MR) is 110 cm³/mol. The van der Waals surface area contributed by atoms with Crippen LogP contribution in [0.4, 0.5) is 4.79 Å². The van der Waals surface area contributed by atoms with Gasteiger partial charge in [-0.3, -0.25) is 4.79 Å². The van der Waals surface area contributed by atoms with E-state index in [1.807, 2.05) is 32.6 Å². The van der Waals surface area contributed by atoms with Crippen LogP contribution in [0.2, 0.25) is 5.02 Å². The molecule has 0 unspecified atom stereocenters. The lowest BCUT2D eigenvalue weighted by Crippen LogP contribution is -2.45. The highest BCUT2D eigenvalue weighted by atomic mass is 35.5. The van der Waals surface area contributed by atoms with Crippen molar-refractivity contribution in [2.75, 3.05) is 32.8 Å². The molecule has 0 saturated carbocycles. The molecule has 1 aromatic rings. The van der Waals surface area contributed by atoms with E-state index in [0.29, 0.717) is 42.9 Å². The fraction of sp³-hybridized carbons (Fsp3) is 0.619. The molecule has 0 spiro atoms. The van der Waals surface area contributed by atoms with Gasteiger partial charge in [0, 0.05) is 31.2 Å². The first kappa shape index (κ1) is 22.3. The summed E-state index contributed by atoms with van der Waals surface area (Å²) in [5.41, 5.74) is -0.496. The molecule has 1 saturated heterocycles. The maximum absolute atomic E-state index is 12.4. The Labute approximate surface area is 172 Å². The molecule has 7 heteroatoms. The molecule has 0 radical (unpaired) electrons. The molecule has 0 aromatic heterocycles. The molecular weight excluding hydrogens is 380 g/mol. The molecule has 28 heavy (non-hydrogen) atoms. The Kier molecular flexibility index (Phi) is 7.98. The largest absolute Gasteiger partial charge is 0.484 e. The summed E-state index contributed by atoms with van der Waals surface area (Å²) < 4.78 is 11.0. The van der Waals surface area contributed by atoms with Gasteiger partial charge in [-0.05, 0) is 70.7 Å². The van der Waals surface area contributed by atoms with E-state index in [1.165, 1.54) is 0 Å². The van der Waals surface area contributed by atoms with Crippen LogP contribution in [0.5, 0.6) is 5.75 Å². The third-order valence-corrected chi connectivity index (χ3v) is 4.91. The molecule has 0 N–H and O–H groups in total. The summed E-state index contributed by atoms with van der Waals surface area (Å²) in [6.07, 6.45) is 1.46. The second-order valence-electron chi connectivity index (χ2n) is 8.09. The van der Waals surface area contributed by atoms with E-state index in [-0.39, 0.29) is 18.6 Å². The Morgan fingerprint density at radius 2 is 1.79 bits per heavy atom. The summed E-state index contributed by atoms with van der Waals surface area (Å²) in [7, 11) is 0. The SMILES string of the molecule is CCN(CC1CCN(C(=O)COc2ccc(Cl)cc2)CC1)C(=O)OC(C)(C)C. The summed E-state index contributed by atoms with van der Waals surface area (Å²) in [4.78, 5) is 28.2. The van der Waals surface area contributed by atoms with Gasteiger partial charge < -0.3 is 19.3 Å². The zero-order chi connectivity index (χ0) is 20.7. The van der Waals surface area contributed by atoms with Gasteiger partial charge in [-0.2, -0.15) is 0 Å². The minimum absolute atomic E-state index is 0.0191. The van der Waals surface area contributed by atoms with E-state index >= 15 is 0 Å². The lowest BCUT2D eigenvalue weighted by Gasteiger charge is -2.35. The lowest BCUT2D eigenvalue weighted by atomic mass is 9.96. The van der Waals surface area contributed by atoms with Gasteiger partial charge in [0.15, 0.2) is 6.61 Å². The highest BCUT2D eigenvalue weighted by Gasteiger charge is 2.27. The average molecular weight is 411 g/mol. The molecular formula is C21H31ClN2O4. The van der Waals surface area contributed by atoms with Crippen molar-refractivity contribution in [3.8, 4) is 5.75 Å². The number of hydrogen-bond acceptors (Lipinski definition) is 4. The number of carbonyl (C=O) groups excluding carboxylic acids is 2. The molecule has 0 aliphatic carbocycles. The number of carbonyl (C=O) groups is 2. The van der Waals surface area contributed by atoms with Crippen LogP contribution in [0.25, 0.3) is 0 Å². The molecule has 1 fully saturated rings. The quantitative estimate of drug-likeness (QED) is 0.704. The molecule has 2 rings (SSSR count). The fourth-order valence-corrected chi connectivity index (χ4v) is 3.23. The van der Waals surface area contributed by atoms with E-state index in [0.717, 1.165) is 12.8 Å². The van der Waals surface area contributed by atoms with Crippen molar-refractivity contribution in [3.05, 3.63) is 29.3 Å². The topological polar surface area (TPSA) is 59.1 Å². The monoisotopic (exact) mass is 410 g/mol. The summed E-state index contributed by atoms with van der Waals surface area (Å²) in [6.45, 7) is 10.2. The summed E-state index contributed by atoms with van der Waals surface area (Å²) in [6, 6.07) is 6.96. The zero-order valence-corrected chi connectivity index (χ0v) is 18.0. The minimum Gasteiger partial charge on any atom is -0.484 e. The van der Waals surface area contributed by atoms with Crippen LogP contribution in [0.3, 0.4) is 0 Å². The van der Waals surface area contributed by atoms with Gasteiger partial charge in [0.1, 0.15) is 11.4 Å². The summed E-state index contributed by atoms with van der Waals surface area (Å²) >= 11 is 5.84. The first-order chi connectivity index (χ1) is 13.2. The van der Waals surface area contributed by atoms with Crippen molar-refractivity contribution in [1.82, 2.24) is 9.80 Å². The molecule has 2 amide bonds. The number of rotatable bonds is 6. The maximum Gasteiger partial charge on any atom is 0.410 e. The van der Waals surface area contributed by atoms with Crippen LogP contribution >= 0.6 is 11.6 Å². The second-order valence-corrected chi connectivity index (χ2v) is 8.52. The van der Waals surface area contributed by atoms with E-state index in [4.69, 9.17) is 21.1 Å². The Morgan fingerprint density at radius 1 is 1.18 bits per heavy atom. The van der Waals surface area contributed by atoms with Gasteiger partial charge in [0.05, 0.1) is 0 Å². The first-order valence-electron chi connectivity index (χ1n) is 9.82. The number of hydrogen-bond donors (Lipinski definition) is 0. The molecule has 6 nitrogen and oxygen atoms in total. The summed E-state index contributed by atoms with van der Waals surface area (Å²) in [5.74, 6) is 0.977. The number of benzene rings is 1. The van der Waals surface area contributed by atoms with Gasteiger partial charge >= 0.3 is 6.09 Å². The third kappa shape index (κ3) is 7.23. The number of ether oxygens (including phenoxy) is 2.